The van der Waals surface area contributed by atoms with Crippen molar-refractivity contribution in [1.82, 2.24) is 25.1 Å². The van der Waals surface area contributed by atoms with Gasteiger partial charge in [-0.2, -0.15) is 9.61 Å². The van der Waals surface area contributed by atoms with Crippen LogP contribution in [0.4, 0.5) is 5.69 Å². The van der Waals surface area contributed by atoms with Gasteiger partial charge in [-0.3, -0.25) is 4.79 Å². The summed E-state index contributed by atoms with van der Waals surface area (Å²) >= 11 is 1.48. The van der Waals surface area contributed by atoms with Crippen LogP contribution < -0.4 is 10.2 Å². The van der Waals surface area contributed by atoms with E-state index >= 15 is 0 Å². The fraction of sp³-hybridized carbons (Fsp3) is 0.286. The summed E-state index contributed by atoms with van der Waals surface area (Å²) in [4.78, 5) is 14.8. The summed E-state index contributed by atoms with van der Waals surface area (Å²) in [7, 11) is 3.94. The average Bonchev–Trinajstić information content (AvgIpc) is 3.08. The molecule has 114 valence electrons. The smallest absolute Gasteiger partial charge is 0.251 e. The Labute approximate surface area is 131 Å². The number of carbonyl (C=O) groups excluding carboxylic acids is 1. The fourth-order valence-corrected chi connectivity index (χ4v) is 2.81. The lowest BCUT2D eigenvalue weighted by atomic mass is 10.2. The maximum Gasteiger partial charge on any atom is 0.251 e. The highest BCUT2D eigenvalue weighted by Crippen LogP contribution is 2.13. The van der Waals surface area contributed by atoms with E-state index < -0.39 is 0 Å². The van der Waals surface area contributed by atoms with Gasteiger partial charge in [-0.05, 0) is 24.3 Å². The Bertz CT molecular complexity index is 748. The van der Waals surface area contributed by atoms with E-state index in [9.17, 15) is 4.79 Å². The van der Waals surface area contributed by atoms with Gasteiger partial charge in [0, 0.05) is 38.3 Å². The predicted octanol–water partition coefficient (Wildman–Crippen LogP) is 1.22. The molecule has 0 bridgehead atoms. The number of benzene rings is 1. The molecule has 0 spiro atoms. The molecule has 1 aromatic carbocycles. The first kappa shape index (κ1) is 14.5. The number of rotatable bonds is 5. The monoisotopic (exact) mass is 316 g/mol. The van der Waals surface area contributed by atoms with E-state index in [0.717, 1.165) is 15.7 Å². The van der Waals surface area contributed by atoms with E-state index in [1.165, 1.54) is 11.3 Å². The van der Waals surface area contributed by atoms with E-state index in [1.807, 2.05) is 43.3 Å². The Hall–Kier alpha value is -2.48. The third-order valence-electron chi connectivity index (χ3n) is 3.20. The van der Waals surface area contributed by atoms with Crippen molar-refractivity contribution in [1.29, 1.82) is 0 Å². The zero-order chi connectivity index (χ0) is 15.5. The Morgan fingerprint density at radius 2 is 2.09 bits per heavy atom. The largest absolute Gasteiger partial charge is 0.378 e. The summed E-state index contributed by atoms with van der Waals surface area (Å²) in [5.74, 6) is -0.0756. The lowest BCUT2D eigenvalue weighted by Crippen LogP contribution is -2.25. The summed E-state index contributed by atoms with van der Waals surface area (Å²) in [6.07, 6.45) is 2.25. The van der Waals surface area contributed by atoms with Gasteiger partial charge in [-0.15, -0.1) is 10.2 Å². The van der Waals surface area contributed by atoms with Crippen molar-refractivity contribution in [3.63, 3.8) is 0 Å². The molecule has 2 aromatic heterocycles. The number of nitrogens with zero attached hydrogens (tertiary/aromatic N) is 5. The predicted molar refractivity (Wildman–Crippen MR) is 85.5 cm³/mol. The second-order valence-electron chi connectivity index (χ2n) is 5.00. The maximum absolute atomic E-state index is 12.1. The van der Waals surface area contributed by atoms with Crippen molar-refractivity contribution in [3.05, 3.63) is 41.2 Å². The Morgan fingerprint density at radius 3 is 2.77 bits per heavy atom. The third-order valence-corrected chi connectivity index (χ3v) is 4.17. The molecule has 0 saturated carbocycles. The molecule has 8 heteroatoms. The van der Waals surface area contributed by atoms with E-state index in [1.54, 1.807) is 10.8 Å². The topological polar surface area (TPSA) is 75.4 Å². The lowest BCUT2D eigenvalue weighted by molar-refractivity contribution is 0.0954. The molecular weight excluding hydrogens is 300 g/mol. The highest BCUT2D eigenvalue weighted by Gasteiger charge is 2.08. The molecule has 0 aliphatic carbocycles. The molecule has 22 heavy (non-hydrogen) atoms. The van der Waals surface area contributed by atoms with Crippen LogP contribution in [0.3, 0.4) is 0 Å². The molecule has 1 N–H and O–H groups in total. The van der Waals surface area contributed by atoms with Crippen LogP contribution in [0.1, 0.15) is 15.4 Å². The molecule has 0 radical (unpaired) electrons. The SMILES string of the molecule is CN(C)c1ccc(C(=O)NCCc2nn3cnnc3s2)cc1. The van der Waals surface area contributed by atoms with Gasteiger partial charge in [-0.25, -0.2) is 0 Å². The molecule has 0 saturated heterocycles. The van der Waals surface area contributed by atoms with Crippen LogP contribution in [-0.2, 0) is 6.42 Å². The number of fused-ring (bicyclic) bond motifs is 1. The maximum atomic E-state index is 12.1. The summed E-state index contributed by atoms with van der Waals surface area (Å²) < 4.78 is 1.64. The lowest BCUT2D eigenvalue weighted by Gasteiger charge is -2.12. The molecule has 0 atom stereocenters. The minimum atomic E-state index is -0.0756. The Kier molecular flexibility index (Phi) is 4.01. The van der Waals surface area contributed by atoms with Gasteiger partial charge >= 0.3 is 0 Å². The molecule has 0 aliphatic rings. The number of carbonyl (C=O) groups is 1. The van der Waals surface area contributed by atoms with E-state index in [4.69, 9.17) is 0 Å². The Morgan fingerprint density at radius 1 is 1.32 bits per heavy atom. The molecule has 1 amide bonds. The summed E-state index contributed by atoms with van der Waals surface area (Å²) in [5.41, 5.74) is 1.72. The zero-order valence-electron chi connectivity index (χ0n) is 12.4. The molecule has 0 unspecified atom stereocenters. The average molecular weight is 316 g/mol. The van der Waals surface area contributed by atoms with Gasteiger partial charge in [-0.1, -0.05) is 11.3 Å². The van der Waals surface area contributed by atoms with E-state index in [-0.39, 0.29) is 5.91 Å². The summed E-state index contributed by atoms with van der Waals surface area (Å²) in [5, 5.41) is 15.8. The van der Waals surface area contributed by atoms with E-state index in [0.29, 0.717) is 18.5 Å². The van der Waals surface area contributed by atoms with E-state index in [2.05, 4.69) is 20.6 Å². The van der Waals surface area contributed by atoms with Crippen LogP contribution in [0.25, 0.3) is 4.96 Å². The zero-order valence-corrected chi connectivity index (χ0v) is 13.2. The molecular formula is C14H16N6OS. The highest BCUT2D eigenvalue weighted by molar-refractivity contribution is 7.16. The fourth-order valence-electron chi connectivity index (χ4n) is 2.00. The molecule has 3 aromatic rings. The molecule has 2 heterocycles. The van der Waals surface area contributed by atoms with Crippen LogP contribution in [0, 0.1) is 0 Å². The number of amides is 1. The first-order valence-corrected chi connectivity index (χ1v) is 7.66. The molecule has 0 fully saturated rings. The van der Waals surface area contributed by atoms with Gasteiger partial charge in [0.15, 0.2) is 0 Å². The molecule has 0 aliphatic heterocycles. The van der Waals surface area contributed by atoms with Gasteiger partial charge in [0.25, 0.3) is 5.91 Å². The van der Waals surface area contributed by atoms with Crippen molar-refractivity contribution >= 4 is 27.9 Å². The van der Waals surface area contributed by atoms with Crippen LogP contribution in [0.5, 0.6) is 0 Å². The number of hydrogen-bond acceptors (Lipinski definition) is 6. The van der Waals surface area contributed by atoms with Crippen molar-refractivity contribution in [2.24, 2.45) is 0 Å². The normalized spacial score (nSPS) is 10.8. The number of hydrogen-bond donors (Lipinski definition) is 1. The summed E-state index contributed by atoms with van der Waals surface area (Å²) in [6.45, 7) is 0.540. The quantitative estimate of drug-likeness (QED) is 0.766. The summed E-state index contributed by atoms with van der Waals surface area (Å²) in [6, 6.07) is 7.51. The number of anilines is 1. The van der Waals surface area contributed by atoms with Crippen LogP contribution in [0.2, 0.25) is 0 Å². The molecule has 3 rings (SSSR count). The number of aromatic nitrogens is 4. The van der Waals surface area contributed by atoms with Crippen molar-refractivity contribution in [3.8, 4) is 0 Å². The van der Waals surface area contributed by atoms with Crippen LogP contribution >= 0.6 is 11.3 Å². The minimum absolute atomic E-state index is 0.0756. The van der Waals surface area contributed by atoms with Gasteiger partial charge in [0.2, 0.25) is 4.96 Å². The first-order chi connectivity index (χ1) is 10.6. The third kappa shape index (κ3) is 3.06. The van der Waals surface area contributed by atoms with Crippen molar-refractivity contribution in [2.45, 2.75) is 6.42 Å². The standard InChI is InChI=1S/C14H16N6OS/c1-19(2)11-5-3-10(4-6-11)13(21)15-8-7-12-18-20-9-16-17-14(20)22-12/h3-6,9H,7-8H2,1-2H3,(H,15,21). The van der Waals surface area contributed by atoms with Gasteiger partial charge in [0.1, 0.15) is 11.3 Å². The first-order valence-electron chi connectivity index (χ1n) is 6.85. The van der Waals surface area contributed by atoms with Gasteiger partial charge in [0.05, 0.1) is 0 Å². The van der Waals surface area contributed by atoms with Crippen molar-refractivity contribution in [2.75, 3.05) is 25.5 Å². The number of nitrogens with one attached hydrogen (secondary N) is 1. The highest BCUT2D eigenvalue weighted by atomic mass is 32.1. The van der Waals surface area contributed by atoms with Crippen molar-refractivity contribution < 1.29 is 4.79 Å². The van der Waals surface area contributed by atoms with Gasteiger partial charge < -0.3 is 10.2 Å². The second-order valence-corrected chi connectivity index (χ2v) is 6.04. The minimum Gasteiger partial charge on any atom is -0.378 e. The molecule has 7 nitrogen and oxygen atoms in total. The van der Waals surface area contributed by atoms with Crippen LogP contribution in [0.15, 0.2) is 30.6 Å². The Balaban J connectivity index is 1.54. The second kappa shape index (κ2) is 6.10. The van der Waals surface area contributed by atoms with Crippen LogP contribution in [-0.4, -0.2) is 46.4 Å².